The molecule has 0 aromatic rings. The molecule has 4 heterocycles. The van der Waals surface area contributed by atoms with Crippen LogP contribution in [-0.4, -0.2) is 47.0 Å². The predicted octanol–water partition coefficient (Wildman–Crippen LogP) is 1.94. The van der Waals surface area contributed by atoms with Crippen LogP contribution in [0, 0.1) is 5.92 Å². The zero-order chi connectivity index (χ0) is 11.9. The summed E-state index contributed by atoms with van der Waals surface area (Å²) in [5.41, 5.74) is 0.234. The maximum absolute atomic E-state index is 5.00. The van der Waals surface area contributed by atoms with Crippen molar-refractivity contribution in [2.75, 3.05) is 25.4 Å². The molecular weight excluding hydrogens is 230 g/mol. The Labute approximate surface area is 108 Å². The minimum Gasteiger partial charge on any atom is -0.360 e. The average molecular weight is 253 g/mol. The minimum atomic E-state index is 0.234. The van der Waals surface area contributed by atoms with E-state index in [4.69, 9.17) is 4.99 Å². The topological polar surface area (TPSA) is 27.6 Å². The fourth-order valence-corrected chi connectivity index (χ4v) is 4.46. The highest BCUT2D eigenvalue weighted by Gasteiger charge is 2.35. The summed E-state index contributed by atoms with van der Waals surface area (Å²) in [5.74, 6) is 2.06. The molecule has 4 aliphatic heterocycles. The van der Waals surface area contributed by atoms with Gasteiger partial charge in [-0.1, -0.05) is 11.8 Å². The van der Waals surface area contributed by atoms with Crippen molar-refractivity contribution in [3.8, 4) is 0 Å². The monoisotopic (exact) mass is 253 g/mol. The standard InChI is InChI=1S/C13H23N3S/c1-13(2)5-8-17-12(15-13)14-11-9-16-6-3-10(11)4-7-16/h10-11H,3-9H2,1-2H3,(H,14,15). The summed E-state index contributed by atoms with van der Waals surface area (Å²) in [6.07, 6.45) is 3.95. The van der Waals surface area contributed by atoms with Crippen LogP contribution in [0.15, 0.2) is 4.99 Å². The van der Waals surface area contributed by atoms with E-state index in [9.17, 15) is 0 Å². The molecular formula is C13H23N3S. The van der Waals surface area contributed by atoms with E-state index in [0.29, 0.717) is 6.04 Å². The van der Waals surface area contributed by atoms with E-state index in [-0.39, 0.29) is 5.54 Å². The summed E-state index contributed by atoms with van der Waals surface area (Å²) < 4.78 is 0. The van der Waals surface area contributed by atoms with Crippen LogP contribution in [0.1, 0.15) is 33.1 Å². The van der Waals surface area contributed by atoms with E-state index in [2.05, 4.69) is 24.1 Å². The van der Waals surface area contributed by atoms with E-state index in [1.165, 1.54) is 49.8 Å². The number of hydrogen-bond donors (Lipinski definition) is 1. The molecule has 0 radical (unpaired) electrons. The Morgan fingerprint density at radius 3 is 2.71 bits per heavy atom. The Bertz CT molecular complexity index is 319. The quantitative estimate of drug-likeness (QED) is 0.774. The Kier molecular flexibility index (Phi) is 3.11. The van der Waals surface area contributed by atoms with Gasteiger partial charge in [0.25, 0.3) is 0 Å². The van der Waals surface area contributed by atoms with E-state index in [0.717, 1.165) is 5.92 Å². The molecule has 1 atom stereocenters. The third-order valence-corrected chi connectivity index (χ3v) is 5.21. The van der Waals surface area contributed by atoms with Crippen LogP contribution in [0.2, 0.25) is 0 Å². The highest BCUT2D eigenvalue weighted by Crippen LogP contribution is 2.31. The molecule has 4 rings (SSSR count). The Hall–Kier alpha value is -0.220. The van der Waals surface area contributed by atoms with Crippen molar-refractivity contribution in [2.45, 2.75) is 44.7 Å². The molecule has 17 heavy (non-hydrogen) atoms. The third kappa shape index (κ3) is 2.63. The van der Waals surface area contributed by atoms with Crippen molar-refractivity contribution in [3.63, 3.8) is 0 Å². The van der Waals surface area contributed by atoms with Crippen molar-refractivity contribution in [2.24, 2.45) is 10.9 Å². The van der Waals surface area contributed by atoms with Gasteiger partial charge in [0.05, 0.1) is 6.04 Å². The molecule has 0 aromatic heterocycles. The van der Waals surface area contributed by atoms with Gasteiger partial charge in [0, 0.05) is 17.8 Å². The van der Waals surface area contributed by atoms with Crippen LogP contribution in [0.25, 0.3) is 0 Å². The molecule has 3 nitrogen and oxygen atoms in total. The summed E-state index contributed by atoms with van der Waals surface area (Å²) in [5, 5.41) is 4.79. The number of piperidine rings is 3. The van der Waals surface area contributed by atoms with Gasteiger partial charge in [-0.3, -0.25) is 4.99 Å². The van der Waals surface area contributed by atoms with Crippen LogP contribution in [0.5, 0.6) is 0 Å². The zero-order valence-corrected chi connectivity index (χ0v) is 11.7. The highest BCUT2D eigenvalue weighted by molar-refractivity contribution is 8.13. The first kappa shape index (κ1) is 11.8. The lowest BCUT2D eigenvalue weighted by atomic mass is 9.84. The van der Waals surface area contributed by atoms with E-state index >= 15 is 0 Å². The minimum absolute atomic E-state index is 0.234. The van der Waals surface area contributed by atoms with E-state index in [1.54, 1.807) is 0 Å². The number of fused-ring (bicyclic) bond motifs is 3. The van der Waals surface area contributed by atoms with Gasteiger partial charge in [0.15, 0.2) is 5.17 Å². The molecule has 1 N–H and O–H groups in total. The lowest BCUT2D eigenvalue weighted by Crippen LogP contribution is -2.51. The maximum Gasteiger partial charge on any atom is 0.157 e. The van der Waals surface area contributed by atoms with Gasteiger partial charge >= 0.3 is 0 Å². The molecule has 0 spiro atoms. The normalized spacial score (nSPS) is 42.5. The first-order chi connectivity index (χ1) is 8.12. The molecule has 0 amide bonds. The van der Waals surface area contributed by atoms with Gasteiger partial charge in [-0.15, -0.1) is 0 Å². The van der Waals surface area contributed by atoms with Crippen molar-refractivity contribution < 1.29 is 0 Å². The SMILES string of the molecule is CC1(C)CCSC(=NC2CN3CCC2CC3)N1. The van der Waals surface area contributed by atoms with Crippen molar-refractivity contribution in [1.29, 1.82) is 0 Å². The fraction of sp³-hybridized carbons (Fsp3) is 0.923. The number of thioether (sulfide) groups is 1. The summed E-state index contributed by atoms with van der Waals surface area (Å²) in [6.45, 7) is 8.35. The van der Waals surface area contributed by atoms with Gasteiger partial charge in [0.1, 0.15) is 0 Å². The number of nitrogens with one attached hydrogen (secondary N) is 1. The van der Waals surface area contributed by atoms with Gasteiger partial charge in [0.2, 0.25) is 0 Å². The van der Waals surface area contributed by atoms with Crippen LogP contribution < -0.4 is 5.32 Å². The second kappa shape index (κ2) is 4.47. The largest absolute Gasteiger partial charge is 0.360 e. The molecule has 2 bridgehead atoms. The molecule has 4 heteroatoms. The van der Waals surface area contributed by atoms with Gasteiger partial charge in [-0.25, -0.2) is 0 Å². The molecule has 96 valence electrons. The van der Waals surface area contributed by atoms with Crippen molar-refractivity contribution in [1.82, 2.24) is 10.2 Å². The summed E-state index contributed by atoms with van der Waals surface area (Å²) in [7, 11) is 0. The first-order valence-corrected chi connectivity index (χ1v) is 7.82. The lowest BCUT2D eigenvalue weighted by Gasteiger charge is -2.43. The molecule has 4 saturated heterocycles. The van der Waals surface area contributed by atoms with E-state index in [1.807, 2.05) is 11.8 Å². The van der Waals surface area contributed by atoms with Gasteiger partial charge in [-0.05, 0) is 52.1 Å². The first-order valence-electron chi connectivity index (χ1n) is 6.83. The van der Waals surface area contributed by atoms with Crippen LogP contribution in [-0.2, 0) is 0 Å². The smallest absolute Gasteiger partial charge is 0.157 e. The predicted molar refractivity (Wildman–Crippen MR) is 74.7 cm³/mol. The van der Waals surface area contributed by atoms with Crippen LogP contribution >= 0.6 is 11.8 Å². The Morgan fingerprint density at radius 2 is 2.12 bits per heavy atom. The molecule has 4 aliphatic rings. The Morgan fingerprint density at radius 1 is 1.35 bits per heavy atom. The number of hydrogen-bond acceptors (Lipinski definition) is 3. The van der Waals surface area contributed by atoms with Gasteiger partial charge < -0.3 is 10.2 Å². The number of rotatable bonds is 1. The molecule has 0 saturated carbocycles. The molecule has 0 aliphatic carbocycles. The number of amidine groups is 1. The summed E-state index contributed by atoms with van der Waals surface area (Å²) in [4.78, 5) is 7.58. The Balaban J connectivity index is 1.69. The molecule has 4 fully saturated rings. The van der Waals surface area contributed by atoms with Crippen molar-refractivity contribution >= 4 is 16.9 Å². The highest BCUT2D eigenvalue weighted by atomic mass is 32.2. The molecule has 1 unspecified atom stereocenters. The van der Waals surface area contributed by atoms with Gasteiger partial charge in [-0.2, -0.15) is 0 Å². The summed E-state index contributed by atoms with van der Waals surface area (Å²) in [6, 6.07) is 0.557. The second-order valence-corrected chi connectivity index (χ2v) is 7.33. The zero-order valence-electron chi connectivity index (χ0n) is 10.9. The van der Waals surface area contributed by atoms with Crippen molar-refractivity contribution in [3.05, 3.63) is 0 Å². The maximum atomic E-state index is 5.00. The second-order valence-electron chi connectivity index (χ2n) is 6.25. The lowest BCUT2D eigenvalue weighted by molar-refractivity contribution is 0.0905. The van der Waals surface area contributed by atoms with Crippen LogP contribution in [0.4, 0.5) is 0 Å². The average Bonchev–Trinajstić information content (AvgIpc) is 2.29. The summed E-state index contributed by atoms with van der Waals surface area (Å²) >= 11 is 1.91. The number of nitrogens with zero attached hydrogens (tertiary/aromatic N) is 2. The third-order valence-electron chi connectivity index (χ3n) is 4.32. The van der Waals surface area contributed by atoms with Crippen LogP contribution in [0.3, 0.4) is 0 Å². The fourth-order valence-electron chi connectivity index (χ4n) is 3.09. The molecule has 0 aromatic carbocycles. The van der Waals surface area contributed by atoms with E-state index < -0.39 is 0 Å². The number of aliphatic imine (C=N–C) groups is 1.